The van der Waals surface area contributed by atoms with Gasteiger partial charge >= 0.3 is 0 Å². The van der Waals surface area contributed by atoms with Crippen LogP contribution in [0.4, 0.5) is 0 Å². The maximum atomic E-state index is 5.64. The van der Waals surface area contributed by atoms with Gasteiger partial charge in [0.15, 0.2) is 0 Å². The van der Waals surface area contributed by atoms with Crippen molar-refractivity contribution in [2.45, 2.75) is 49.4 Å². The van der Waals surface area contributed by atoms with Gasteiger partial charge in [0.05, 0.1) is 0 Å². The van der Waals surface area contributed by atoms with Crippen molar-refractivity contribution in [1.29, 1.82) is 0 Å². The molecule has 0 amide bonds. The Morgan fingerprint density at radius 3 is 1.34 bits per heavy atom. The molecule has 38 heavy (non-hydrogen) atoms. The van der Waals surface area contributed by atoms with Gasteiger partial charge in [-0.3, -0.25) is 0 Å². The van der Waals surface area contributed by atoms with E-state index < -0.39 is 0 Å². The Morgan fingerprint density at radius 1 is 0.526 bits per heavy atom. The fourth-order valence-corrected chi connectivity index (χ4v) is 8.55. The van der Waals surface area contributed by atoms with Gasteiger partial charge < -0.3 is 0 Å². The van der Waals surface area contributed by atoms with Gasteiger partial charge in [0, 0.05) is 11.1 Å². The normalized spacial score (nSPS) is 27.0. The van der Waals surface area contributed by atoms with E-state index in [2.05, 4.69) is 96.8 Å². The third-order valence-electron chi connectivity index (χ3n) is 9.78. The summed E-state index contributed by atoms with van der Waals surface area (Å²) in [7, 11) is 0. The van der Waals surface area contributed by atoms with E-state index in [1.807, 2.05) is 12.1 Å². The molecule has 0 saturated heterocycles. The summed E-state index contributed by atoms with van der Waals surface area (Å²) in [4.78, 5) is 0. The zero-order valence-corrected chi connectivity index (χ0v) is 21.8. The molecule has 4 saturated carbocycles. The largest absolute Gasteiger partial charge is 0.115 e. The first-order valence-electron chi connectivity index (χ1n) is 13.9. The molecule has 184 valence electrons. The van der Waals surface area contributed by atoms with Crippen LogP contribution in [0.3, 0.4) is 0 Å². The molecule has 0 aromatic heterocycles. The second-order valence-corrected chi connectivity index (χ2v) is 12.1. The standard InChI is InChI=1S/C38H32/c1-3-27-7-5-9-33(20-27)31-11-15-35(16-12-31)37-22-29-19-30(23-37)25-38(24-29,26-37)36-17-13-32(14-18-36)34-10-6-8-28(4-2)21-34/h1-2,5-18,20-21,29-30H,19,22-26H2. The Labute approximate surface area is 227 Å². The molecular weight excluding hydrogens is 456 g/mol. The molecule has 0 radical (unpaired) electrons. The van der Waals surface area contributed by atoms with Crippen LogP contribution in [0.15, 0.2) is 97.1 Å². The van der Waals surface area contributed by atoms with Gasteiger partial charge in [0.1, 0.15) is 0 Å². The van der Waals surface area contributed by atoms with E-state index in [-0.39, 0.29) is 0 Å². The first-order chi connectivity index (χ1) is 18.6. The highest BCUT2D eigenvalue weighted by atomic mass is 14.6. The molecule has 4 aliphatic carbocycles. The van der Waals surface area contributed by atoms with Crippen molar-refractivity contribution in [3.05, 3.63) is 119 Å². The molecule has 0 heterocycles. The van der Waals surface area contributed by atoms with Crippen molar-refractivity contribution in [1.82, 2.24) is 0 Å². The minimum absolute atomic E-state index is 0.295. The monoisotopic (exact) mass is 488 g/mol. The summed E-state index contributed by atoms with van der Waals surface area (Å²) in [5.74, 6) is 7.19. The van der Waals surface area contributed by atoms with Crippen LogP contribution in [0.2, 0.25) is 0 Å². The molecule has 0 atom stereocenters. The van der Waals surface area contributed by atoms with Gasteiger partial charge in [-0.25, -0.2) is 0 Å². The summed E-state index contributed by atoms with van der Waals surface area (Å²) in [6.07, 6.45) is 19.3. The molecule has 0 unspecified atom stereocenters. The number of benzene rings is 4. The van der Waals surface area contributed by atoms with Gasteiger partial charge in [-0.05, 0) is 119 Å². The summed E-state index contributed by atoms with van der Waals surface area (Å²) in [5, 5.41) is 0. The maximum Gasteiger partial charge on any atom is 0.0248 e. The van der Waals surface area contributed by atoms with Crippen LogP contribution in [-0.4, -0.2) is 0 Å². The molecule has 0 aliphatic heterocycles. The van der Waals surface area contributed by atoms with E-state index in [0.717, 1.165) is 23.0 Å². The Hall–Kier alpha value is -4.00. The summed E-state index contributed by atoms with van der Waals surface area (Å²) >= 11 is 0. The first-order valence-corrected chi connectivity index (χ1v) is 13.9. The highest BCUT2D eigenvalue weighted by Crippen LogP contribution is 2.66. The lowest BCUT2D eigenvalue weighted by Crippen LogP contribution is -2.55. The Bertz CT molecular complexity index is 1450. The lowest BCUT2D eigenvalue weighted by molar-refractivity contribution is -0.0281. The fourth-order valence-electron chi connectivity index (χ4n) is 8.55. The summed E-state index contributed by atoms with van der Waals surface area (Å²) in [6.45, 7) is 0. The average molecular weight is 489 g/mol. The Kier molecular flexibility index (Phi) is 5.35. The van der Waals surface area contributed by atoms with Gasteiger partial charge in [0.2, 0.25) is 0 Å². The second kappa shape index (κ2) is 8.79. The quantitative estimate of drug-likeness (QED) is 0.252. The van der Waals surface area contributed by atoms with E-state index in [0.29, 0.717) is 10.8 Å². The molecular formula is C38H32. The minimum Gasteiger partial charge on any atom is -0.115 e. The van der Waals surface area contributed by atoms with Gasteiger partial charge in [-0.15, -0.1) is 12.8 Å². The molecule has 0 spiro atoms. The van der Waals surface area contributed by atoms with E-state index >= 15 is 0 Å². The van der Waals surface area contributed by atoms with Gasteiger partial charge in [0.25, 0.3) is 0 Å². The molecule has 8 rings (SSSR count). The molecule has 0 nitrogen and oxygen atoms in total. The van der Waals surface area contributed by atoms with Crippen molar-refractivity contribution in [2.75, 3.05) is 0 Å². The molecule has 0 N–H and O–H groups in total. The number of hydrogen-bond donors (Lipinski definition) is 0. The third kappa shape index (κ3) is 3.80. The molecule has 4 aliphatic rings. The van der Waals surface area contributed by atoms with Crippen molar-refractivity contribution in [3.63, 3.8) is 0 Å². The van der Waals surface area contributed by atoms with E-state index in [9.17, 15) is 0 Å². The minimum atomic E-state index is 0.295. The van der Waals surface area contributed by atoms with Gasteiger partial charge in [-0.1, -0.05) is 84.6 Å². The van der Waals surface area contributed by atoms with E-state index in [1.54, 1.807) is 0 Å². The zero-order valence-electron chi connectivity index (χ0n) is 21.8. The lowest BCUT2D eigenvalue weighted by Gasteiger charge is -2.63. The van der Waals surface area contributed by atoms with Gasteiger partial charge in [-0.2, -0.15) is 0 Å². The smallest absolute Gasteiger partial charge is 0.0248 e. The highest BCUT2D eigenvalue weighted by molar-refractivity contribution is 5.67. The Morgan fingerprint density at radius 2 is 0.947 bits per heavy atom. The highest BCUT2D eigenvalue weighted by Gasteiger charge is 2.58. The molecule has 4 aromatic rings. The van der Waals surface area contributed by atoms with Crippen molar-refractivity contribution in [2.24, 2.45) is 11.8 Å². The van der Waals surface area contributed by atoms with Crippen LogP contribution in [0.1, 0.15) is 60.8 Å². The SMILES string of the molecule is C#Cc1cccc(-c2ccc(C34CC5CC(C3)CC(c3ccc(-c6cccc(C#C)c6)cc3)(C5)C4)cc2)c1. The Balaban J connectivity index is 1.20. The summed E-state index contributed by atoms with van der Waals surface area (Å²) < 4.78 is 0. The van der Waals surface area contributed by atoms with Crippen LogP contribution in [0.25, 0.3) is 22.3 Å². The molecule has 4 aromatic carbocycles. The third-order valence-corrected chi connectivity index (χ3v) is 9.78. The summed E-state index contributed by atoms with van der Waals surface area (Å²) in [6, 6.07) is 35.6. The van der Waals surface area contributed by atoms with Crippen LogP contribution >= 0.6 is 0 Å². The number of hydrogen-bond acceptors (Lipinski definition) is 0. The van der Waals surface area contributed by atoms with Crippen LogP contribution < -0.4 is 0 Å². The maximum absolute atomic E-state index is 5.64. The van der Waals surface area contributed by atoms with Crippen LogP contribution in [-0.2, 0) is 10.8 Å². The van der Waals surface area contributed by atoms with E-state index in [1.165, 1.54) is 71.9 Å². The predicted molar refractivity (Wildman–Crippen MR) is 158 cm³/mol. The topological polar surface area (TPSA) is 0 Å². The van der Waals surface area contributed by atoms with Crippen molar-refractivity contribution < 1.29 is 0 Å². The average Bonchev–Trinajstić information content (AvgIpc) is 2.97. The number of rotatable bonds is 4. The van der Waals surface area contributed by atoms with E-state index in [4.69, 9.17) is 12.8 Å². The molecule has 0 heteroatoms. The van der Waals surface area contributed by atoms with Crippen LogP contribution in [0, 0.1) is 36.5 Å². The molecule has 4 fully saturated rings. The van der Waals surface area contributed by atoms with Crippen molar-refractivity contribution in [3.8, 4) is 46.9 Å². The first kappa shape index (κ1) is 23.1. The fraction of sp³-hybridized carbons (Fsp3) is 0.263. The van der Waals surface area contributed by atoms with Crippen molar-refractivity contribution >= 4 is 0 Å². The zero-order chi connectivity index (χ0) is 25.7. The second-order valence-electron chi connectivity index (χ2n) is 12.1. The number of terminal acetylenes is 2. The molecule has 4 bridgehead atoms. The van der Waals surface area contributed by atoms with Crippen LogP contribution in [0.5, 0.6) is 0 Å². The summed E-state index contributed by atoms with van der Waals surface area (Å²) in [5.41, 5.74) is 10.4. The predicted octanol–water partition coefficient (Wildman–Crippen LogP) is 8.77. The lowest BCUT2D eigenvalue weighted by atomic mass is 9.41.